The smallest absolute Gasteiger partial charge is 0.228 e. The van der Waals surface area contributed by atoms with E-state index in [4.69, 9.17) is 0 Å². The molecule has 1 aliphatic carbocycles. The number of hydrogen-bond acceptors (Lipinski definition) is 3. The lowest BCUT2D eigenvalue weighted by molar-refractivity contribution is -0.136. The molecule has 0 bridgehead atoms. The maximum atomic E-state index is 13.1. The highest BCUT2D eigenvalue weighted by atomic mass is 16.2. The molecule has 28 heavy (non-hydrogen) atoms. The van der Waals surface area contributed by atoms with Gasteiger partial charge < -0.3 is 14.7 Å². The minimum Gasteiger partial charge on any atom is -0.368 e. The second-order valence-electron chi connectivity index (χ2n) is 8.93. The van der Waals surface area contributed by atoms with Crippen molar-refractivity contribution in [1.29, 1.82) is 0 Å². The van der Waals surface area contributed by atoms with Crippen LogP contribution in [0.1, 0.15) is 39.5 Å². The van der Waals surface area contributed by atoms with Crippen LogP contribution in [-0.4, -0.2) is 60.4 Å². The molecule has 2 heterocycles. The Labute approximate surface area is 168 Å². The zero-order chi connectivity index (χ0) is 19.7. The van der Waals surface area contributed by atoms with Gasteiger partial charge in [-0.1, -0.05) is 44.9 Å². The fourth-order valence-electron chi connectivity index (χ4n) is 5.29. The third-order valence-electron chi connectivity index (χ3n) is 7.28. The largest absolute Gasteiger partial charge is 0.368 e. The highest BCUT2D eigenvalue weighted by Crippen LogP contribution is 2.36. The van der Waals surface area contributed by atoms with Crippen LogP contribution in [0.15, 0.2) is 30.3 Å². The predicted octanol–water partition coefficient (Wildman–Crippen LogP) is 3.01. The Bertz CT molecular complexity index is 699. The van der Waals surface area contributed by atoms with Gasteiger partial charge in [0.2, 0.25) is 11.8 Å². The summed E-state index contributed by atoms with van der Waals surface area (Å²) in [4.78, 5) is 32.2. The zero-order valence-corrected chi connectivity index (χ0v) is 17.2. The fraction of sp³-hybridized carbons (Fsp3) is 0.652. The molecule has 152 valence electrons. The van der Waals surface area contributed by atoms with E-state index in [0.29, 0.717) is 30.8 Å². The summed E-state index contributed by atoms with van der Waals surface area (Å²) < 4.78 is 0. The fourth-order valence-corrected chi connectivity index (χ4v) is 5.29. The average Bonchev–Trinajstić information content (AvgIpc) is 3.12. The van der Waals surface area contributed by atoms with E-state index in [9.17, 15) is 9.59 Å². The normalized spacial score (nSPS) is 31.4. The van der Waals surface area contributed by atoms with E-state index >= 15 is 0 Å². The second kappa shape index (κ2) is 8.14. The van der Waals surface area contributed by atoms with Crippen molar-refractivity contribution < 1.29 is 9.59 Å². The average molecular weight is 384 g/mol. The van der Waals surface area contributed by atoms with Crippen LogP contribution in [0.25, 0.3) is 0 Å². The lowest BCUT2D eigenvalue weighted by atomic mass is 9.77. The SMILES string of the molecule is C[C@H]1[C@H](N2C[C@H](C(=O)N3CCN(c4ccccc4)CC3)CC2=O)CCC[C@@H]1C. The van der Waals surface area contributed by atoms with Gasteiger partial charge in [-0.25, -0.2) is 0 Å². The second-order valence-corrected chi connectivity index (χ2v) is 8.93. The van der Waals surface area contributed by atoms with Gasteiger partial charge in [-0.05, 0) is 30.4 Å². The maximum absolute atomic E-state index is 13.1. The Morgan fingerprint density at radius 1 is 1.00 bits per heavy atom. The summed E-state index contributed by atoms with van der Waals surface area (Å²) in [5.74, 6) is 1.40. The minimum absolute atomic E-state index is 0.153. The van der Waals surface area contributed by atoms with Crippen LogP contribution < -0.4 is 4.90 Å². The van der Waals surface area contributed by atoms with Crippen molar-refractivity contribution in [2.75, 3.05) is 37.6 Å². The summed E-state index contributed by atoms with van der Waals surface area (Å²) in [6, 6.07) is 10.7. The summed E-state index contributed by atoms with van der Waals surface area (Å²) in [6.45, 7) is 8.41. The van der Waals surface area contributed by atoms with Crippen molar-refractivity contribution in [3.63, 3.8) is 0 Å². The van der Waals surface area contributed by atoms with E-state index in [1.54, 1.807) is 0 Å². The molecule has 0 radical (unpaired) electrons. The van der Waals surface area contributed by atoms with Gasteiger partial charge in [0.1, 0.15) is 0 Å². The summed E-state index contributed by atoms with van der Waals surface area (Å²) in [7, 11) is 0. The molecule has 4 rings (SSSR count). The molecule has 5 nitrogen and oxygen atoms in total. The van der Waals surface area contributed by atoms with Gasteiger partial charge in [-0.3, -0.25) is 9.59 Å². The third kappa shape index (κ3) is 3.76. The molecule has 3 aliphatic rings. The first-order chi connectivity index (χ1) is 13.5. The lowest BCUT2D eigenvalue weighted by Crippen LogP contribution is -2.51. The number of amides is 2. The van der Waals surface area contributed by atoms with Gasteiger partial charge in [0.25, 0.3) is 0 Å². The van der Waals surface area contributed by atoms with Crippen molar-refractivity contribution in [1.82, 2.24) is 9.80 Å². The van der Waals surface area contributed by atoms with E-state index in [1.165, 1.54) is 18.5 Å². The molecule has 0 spiro atoms. The quantitative estimate of drug-likeness (QED) is 0.806. The summed E-state index contributed by atoms with van der Waals surface area (Å²) in [5.41, 5.74) is 1.22. The Morgan fingerprint density at radius 3 is 2.43 bits per heavy atom. The Morgan fingerprint density at radius 2 is 1.71 bits per heavy atom. The first kappa shape index (κ1) is 19.3. The van der Waals surface area contributed by atoms with Crippen molar-refractivity contribution in [3.8, 4) is 0 Å². The molecular formula is C23H33N3O2. The van der Waals surface area contributed by atoms with E-state index in [1.807, 2.05) is 15.9 Å². The number of rotatable bonds is 3. The molecule has 1 saturated carbocycles. The number of hydrogen-bond donors (Lipinski definition) is 0. The van der Waals surface area contributed by atoms with Crippen LogP contribution >= 0.6 is 0 Å². The van der Waals surface area contributed by atoms with E-state index in [2.05, 4.69) is 43.0 Å². The minimum atomic E-state index is -0.153. The Kier molecular flexibility index (Phi) is 5.61. The molecule has 2 amide bonds. The topological polar surface area (TPSA) is 43.9 Å². The predicted molar refractivity (Wildman–Crippen MR) is 111 cm³/mol. The first-order valence-corrected chi connectivity index (χ1v) is 10.9. The molecule has 2 saturated heterocycles. The van der Waals surface area contributed by atoms with Gasteiger partial charge in [0, 0.05) is 50.9 Å². The molecule has 3 fully saturated rings. The Hall–Kier alpha value is -2.04. The van der Waals surface area contributed by atoms with Crippen molar-refractivity contribution in [2.24, 2.45) is 17.8 Å². The molecule has 0 aromatic heterocycles. The summed E-state index contributed by atoms with van der Waals surface area (Å²) in [5, 5.41) is 0. The van der Waals surface area contributed by atoms with Gasteiger partial charge in [0.15, 0.2) is 0 Å². The van der Waals surface area contributed by atoms with Crippen LogP contribution in [0.4, 0.5) is 5.69 Å². The number of carbonyl (C=O) groups is 2. The number of carbonyl (C=O) groups excluding carboxylic acids is 2. The Balaban J connectivity index is 1.34. The highest BCUT2D eigenvalue weighted by Gasteiger charge is 2.42. The van der Waals surface area contributed by atoms with Gasteiger partial charge in [0.05, 0.1) is 5.92 Å². The van der Waals surface area contributed by atoms with Crippen LogP contribution in [0.3, 0.4) is 0 Å². The highest BCUT2D eigenvalue weighted by molar-refractivity contribution is 5.89. The molecular weight excluding hydrogens is 350 g/mol. The molecule has 0 unspecified atom stereocenters. The van der Waals surface area contributed by atoms with Gasteiger partial charge in [-0.2, -0.15) is 0 Å². The zero-order valence-electron chi connectivity index (χ0n) is 17.2. The summed E-state index contributed by atoms with van der Waals surface area (Å²) in [6.07, 6.45) is 3.94. The van der Waals surface area contributed by atoms with Gasteiger partial charge in [-0.15, -0.1) is 0 Å². The van der Waals surface area contributed by atoms with E-state index in [-0.39, 0.29) is 17.7 Å². The third-order valence-corrected chi connectivity index (χ3v) is 7.28. The molecule has 2 aliphatic heterocycles. The number of nitrogens with zero attached hydrogens (tertiary/aromatic N) is 3. The standard InChI is InChI=1S/C23H33N3O2/c1-17-7-6-10-21(18(17)2)26-16-19(15-22(26)27)23(28)25-13-11-24(12-14-25)20-8-4-3-5-9-20/h3-5,8-9,17-19,21H,6-7,10-16H2,1-2H3/t17-,18+,19+,21+/m0/s1. The molecule has 0 N–H and O–H groups in total. The number of anilines is 1. The van der Waals surface area contributed by atoms with Crippen LogP contribution in [0.5, 0.6) is 0 Å². The number of piperazine rings is 1. The monoisotopic (exact) mass is 383 g/mol. The maximum Gasteiger partial charge on any atom is 0.228 e. The van der Waals surface area contributed by atoms with E-state index < -0.39 is 0 Å². The molecule has 5 heteroatoms. The van der Waals surface area contributed by atoms with Crippen molar-refractivity contribution in [2.45, 2.75) is 45.6 Å². The molecule has 1 aromatic carbocycles. The van der Waals surface area contributed by atoms with E-state index in [0.717, 1.165) is 32.6 Å². The van der Waals surface area contributed by atoms with Crippen molar-refractivity contribution in [3.05, 3.63) is 30.3 Å². The van der Waals surface area contributed by atoms with Crippen molar-refractivity contribution >= 4 is 17.5 Å². The number of para-hydroxylation sites is 1. The van der Waals surface area contributed by atoms with Crippen LogP contribution in [0.2, 0.25) is 0 Å². The first-order valence-electron chi connectivity index (χ1n) is 10.9. The number of benzene rings is 1. The lowest BCUT2D eigenvalue weighted by Gasteiger charge is -2.40. The van der Waals surface area contributed by atoms with Gasteiger partial charge >= 0.3 is 0 Å². The molecule has 1 aromatic rings. The number of likely N-dealkylation sites (tertiary alicyclic amines) is 1. The van der Waals surface area contributed by atoms with Crippen LogP contribution in [0, 0.1) is 17.8 Å². The summed E-state index contributed by atoms with van der Waals surface area (Å²) >= 11 is 0. The van der Waals surface area contributed by atoms with Crippen LogP contribution in [-0.2, 0) is 9.59 Å². The molecule has 4 atom stereocenters.